The fourth-order valence-electron chi connectivity index (χ4n) is 1.85. The Morgan fingerprint density at radius 3 is 2.78 bits per heavy atom. The van der Waals surface area contributed by atoms with Crippen LogP contribution in [0.3, 0.4) is 0 Å². The van der Waals surface area contributed by atoms with Crippen molar-refractivity contribution in [2.75, 3.05) is 12.8 Å². The smallest absolute Gasteiger partial charge is 0.180 e. The van der Waals surface area contributed by atoms with Crippen LogP contribution in [-0.2, 0) is 13.1 Å². The van der Waals surface area contributed by atoms with E-state index in [1.807, 2.05) is 20.0 Å². The van der Waals surface area contributed by atoms with E-state index in [1.165, 1.54) is 17.4 Å². The molecule has 0 fully saturated rings. The Hall–Kier alpha value is -1.46. The molecule has 1 aromatic heterocycles. The molecule has 1 heterocycles. The summed E-state index contributed by atoms with van der Waals surface area (Å²) in [6.07, 6.45) is 1.80. The van der Waals surface area contributed by atoms with Gasteiger partial charge in [0.2, 0.25) is 0 Å². The minimum Gasteiger partial charge on any atom is -0.375 e. The van der Waals surface area contributed by atoms with Crippen LogP contribution in [0, 0.1) is 12.7 Å². The van der Waals surface area contributed by atoms with Gasteiger partial charge in [-0.2, -0.15) is 0 Å². The van der Waals surface area contributed by atoms with Crippen LogP contribution in [0.15, 0.2) is 24.4 Å². The van der Waals surface area contributed by atoms with E-state index in [2.05, 4.69) is 9.88 Å². The van der Waals surface area contributed by atoms with Gasteiger partial charge in [-0.15, -0.1) is 11.3 Å². The van der Waals surface area contributed by atoms with Crippen molar-refractivity contribution < 1.29 is 4.39 Å². The van der Waals surface area contributed by atoms with Crippen LogP contribution in [0.1, 0.15) is 16.0 Å². The average Bonchev–Trinajstić information content (AvgIpc) is 2.68. The first-order valence-corrected chi connectivity index (χ1v) is 6.50. The minimum absolute atomic E-state index is 0.186. The van der Waals surface area contributed by atoms with E-state index in [0.29, 0.717) is 5.13 Å². The molecule has 2 rings (SSSR count). The van der Waals surface area contributed by atoms with E-state index >= 15 is 0 Å². The number of nitrogens with two attached hydrogens (primary N) is 1. The van der Waals surface area contributed by atoms with Gasteiger partial charge >= 0.3 is 0 Å². The molecule has 96 valence electrons. The first-order chi connectivity index (χ1) is 8.54. The number of hydrogen-bond donors (Lipinski definition) is 1. The maximum atomic E-state index is 13.0. The fourth-order valence-corrected chi connectivity index (χ4v) is 2.61. The Kier molecular flexibility index (Phi) is 3.93. The highest BCUT2D eigenvalue weighted by molar-refractivity contribution is 7.15. The Labute approximate surface area is 110 Å². The normalized spacial score (nSPS) is 11.1. The standard InChI is InChI=1S/C13H16FN3S/c1-9-5-11(14)4-3-10(9)7-17(2)8-12-6-16-13(15)18-12/h3-6H,7-8H2,1-2H3,(H2,15,16). The van der Waals surface area contributed by atoms with Gasteiger partial charge in [-0.25, -0.2) is 9.37 Å². The van der Waals surface area contributed by atoms with Crippen molar-refractivity contribution in [3.05, 3.63) is 46.2 Å². The van der Waals surface area contributed by atoms with Gasteiger partial charge in [-0.3, -0.25) is 4.90 Å². The van der Waals surface area contributed by atoms with Crippen LogP contribution in [-0.4, -0.2) is 16.9 Å². The third-order valence-corrected chi connectivity index (χ3v) is 3.55. The van der Waals surface area contributed by atoms with Crippen molar-refractivity contribution in [2.24, 2.45) is 0 Å². The largest absolute Gasteiger partial charge is 0.375 e. The lowest BCUT2D eigenvalue weighted by Crippen LogP contribution is -2.17. The molecule has 0 spiro atoms. The third-order valence-electron chi connectivity index (χ3n) is 2.74. The second kappa shape index (κ2) is 5.46. The Morgan fingerprint density at radius 1 is 1.39 bits per heavy atom. The molecule has 0 aliphatic carbocycles. The molecule has 0 unspecified atom stereocenters. The van der Waals surface area contributed by atoms with Gasteiger partial charge in [-0.05, 0) is 37.2 Å². The summed E-state index contributed by atoms with van der Waals surface area (Å²) < 4.78 is 13.0. The molecule has 5 heteroatoms. The lowest BCUT2D eigenvalue weighted by Gasteiger charge is -2.16. The molecule has 3 nitrogen and oxygen atoms in total. The fraction of sp³-hybridized carbons (Fsp3) is 0.308. The second-order valence-electron chi connectivity index (χ2n) is 4.41. The summed E-state index contributed by atoms with van der Waals surface area (Å²) in [4.78, 5) is 7.32. The molecular weight excluding hydrogens is 249 g/mol. The molecule has 0 aliphatic heterocycles. The number of anilines is 1. The van der Waals surface area contributed by atoms with Gasteiger partial charge in [0.25, 0.3) is 0 Å². The second-order valence-corrected chi connectivity index (χ2v) is 5.55. The Bertz CT molecular complexity index is 539. The summed E-state index contributed by atoms with van der Waals surface area (Å²) in [7, 11) is 2.03. The number of halogens is 1. The maximum absolute atomic E-state index is 13.0. The van der Waals surface area contributed by atoms with Crippen molar-refractivity contribution in [2.45, 2.75) is 20.0 Å². The first kappa shape index (κ1) is 13.0. The van der Waals surface area contributed by atoms with E-state index in [1.54, 1.807) is 12.3 Å². The molecule has 0 radical (unpaired) electrons. The zero-order chi connectivity index (χ0) is 13.1. The molecule has 2 N–H and O–H groups in total. The van der Waals surface area contributed by atoms with Crippen molar-refractivity contribution >= 4 is 16.5 Å². The van der Waals surface area contributed by atoms with Gasteiger partial charge in [0.1, 0.15) is 5.82 Å². The average molecular weight is 265 g/mol. The number of aromatic nitrogens is 1. The van der Waals surface area contributed by atoms with Gasteiger partial charge in [0.05, 0.1) is 0 Å². The van der Waals surface area contributed by atoms with E-state index in [4.69, 9.17) is 5.73 Å². The molecule has 18 heavy (non-hydrogen) atoms. The van der Waals surface area contributed by atoms with Crippen molar-refractivity contribution in [3.8, 4) is 0 Å². The number of thiazole rings is 1. The summed E-state index contributed by atoms with van der Waals surface area (Å²) in [6.45, 7) is 3.51. The molecule has 0 amide bonds. The lowest BCUT2D eigenvalue weighted by molar-refractivity contribution is 0.321. The van der Waals surface area contributed by atoms with E-state index in [-0.39, 0.29) is 5.82 Å². The van der Waals surface area contributed by atoms with Crippen LogP contribution in [0.25, 0.3) is 0 Å². The Balaban J connectivity index is 2.00. The van der Waals surface area contributed by atoms with Crippen LogP contribution >= 0.6 is 11.3 Å². The molecular formula is C13H16FN3S. The number of benzene rings is 1. The number of nitrogens with zero attached hydrogens (tertiary/aromatic N) is 2. The van der Waals surface area contributed by atoms with Gasteiger partial charge in [0.15, 0.2) is 5.13 Å². The summed E-state index contributed by atoms with van der Waals surface area (Å²) in [5, 5.41) is 0.594. The zero-order valence-corrected chi connectivity index (χ0v) is 11.3. The van der Waals surface area contributed by atoms with Crippen molar-refractivity contribution in [1.29, 1.82) is 0 Å². The quantitative estimate of drug-likeness (QED) is 0.924. The van der Waals surface area contributed by atoms with E-state index in [9.17, 15) is 4.39 Å². The van der Waals surface area contributed by atoms with Gasteiger partial charge < -0.3 is 5.73 Å². The predicted molar refractivity (Wildman–Crippen MR) is 72.8 cm³/mol. The van der Waals surface area contributed by atoms with Gasteiger partial charge in [0, 0.05) is 24.2 Å². The minimum atomic E-state index is -0.186. The third kappa shape index (κ3) is 3.27. The maximum Gasteiger partial charge on any atom is 0.180 e. The molecule has 1 aromatic carbocycles. The number of aryl methyl sites for hydroxylation is 1. The van der Waals surface area contributed by atoms with Crippen LogP contribution < -0.4 is 5.73 Å². The van der Waals surface area contributed by atoms with Crippen LogP contribution in [0.4, 0.5) is 9.52 Å². The molecule has 0 aliphatic rings. The lowest BCUT2D eigenvalue weighted by atomic mass is 10.1. The number of rotatable bonds is 4. The molecule has 2 aromatic rings. The summed E-state index contributed by atoms with van der Waals surface area (Å²) >= 11 is 1.50. The highest BCUT2D eigenvalue weighted by Gasteiger charge is 2.07. The molecule has 0 bridgehead atoms. The number of nitrogen functional groups attached to an aromatic ring is 1. The SMILES string of the molecule is Cc1cc(F)ccc1CN(C)Cc1cnc(N)s1. The van der Waals surface area contributed by atoms with Gasteiger partial charge in [-0.1, -0.05) is 6.07 Å². The van der Waals surface area contributed by atoms with Crippen LogP contribution in [0.5, 0.6) is 0 Å². The Morgan fingerprint density at radius 2 is 2.17 bits per heavy atom. The van der Waals surface area contributed by atoms with E-state index < -0.39 is 0 Å². The summed E-state index contributed by atoms with van der Waals surface area (Å²) in [5.74, 6) is -0.186. The topological polar surface area (TPSA) is 42.2 Å². The molecule has 0 atom stereocenters. The zero-order valence-electron chi connectivity index (χ0n) is 10.5. The summed E-state index contributed by atoms with van der Waals surface area (Å²) in [6, 6.07) is 4.90. The predicted octanol–water partition coefficient (Wildman–Crippen LogP) is 2.80. The summed E-state index contributed by atoms with van der Waals surface area (Å²) in [5.41, 5.74) is 7.71. The van der Waals surface area contributed by atoms with Crippen LogP contribution in [0.2, 0.25) is 0 Å². The number of hydrogen-bond acceptors (Lipinski definition) is 4. The van der Waals surface area contributed by atoms with E-state index in [0.717, 1.165) is 29.1 Å². The molecule has 0 saturated heterocycles. The molecule has 0 saturated carbocycles. The highest BCUT2D eigenvalue weighted by Crippen LogP contribution is 2.18. The monoisotopic (exact) mass is 265 g/mol. The van der Waals surface area contributed by atoms with Crippen molar-refractivity contribution in [3.63, 3.8) is 0 Å². The van der Waals surface area contributed by atoms with Crippen molar-refractivity contribution in [1.82, 2.24) is 9.88 Å². The first-order valence-electron chi connectivity index (χ1n) is 5.68. The highest BCUT2D eigenvalue weighted by atomic mass is 32.1.